The van der Waals surface area contributed by atoms with Crippen LogP contribution in [0.2, 0.25) is 0 Å². The zero-order chi connectivity index (χ0) is 15.1. The second-order valence-corrected chi connectivity index (χ2v) is 5.59. The van der Waals surface area contributed by atoms with E-state index in [9.17, 15) is 9.90 Å². The molecule has 21 heavy (non-hydrogen) atoms. The van der Waals surface area contributed by atoms with E-state index in [2.05, 4.69) is 4.98 Å². The third-order valence-electron chi connectivity index (χ3n) is 3.86. The molecule has 0 amide bonds. The molecule has 0 bridgehead atoms. The van der Waals surface area contributed by atoms with Crippen LogP contribution in [0.4, 0.5) is 0 Å². The lowest BCUT2D eigenvalue weighted by Gasteiger charge is -2.12. The molecular weight excluding hydrogens is 266 g/mol. The van der Waals surface area contributed by atoms with Gasteiger partial charge in [-0.25, -0.2) is 4.79 Å². The number of carbonyl (C=O) groups is 1. The summed E-state index contributed by atoms with van der Waals surface area (Å²) < 4.78 is 5.27. The molecule has 0 saturated carbocycles. The van der Waals surface area contributed by atoms with Gasteiger partial charge in [-0.05, 0) is 35.2 Å². The van der Waals surface area contributed by atoms with Gasteiger partial charge >= 0.3 is 5.97 Å². The maximum absolute atomic E-state index is 11.4. The summed E-state index contributed by atoms with van der Waals surface area (Å²) in [6, 6.07) is 7.68. The van der Waals surface area contributed by atoms with E-state index in [1.54, 1.807) is 13.2 Å². The molecular formula is C17H17NO3. The minimum atomic E-state index is -0.914. The Hall–Kier alpha value is -2.36. The number of methoxy groups -OCH3 is 1. The molecule has 3 rings (SSSR count). The van der Waals surface area contributed by atoms with E-state index in [-0.39, 0.29) is 5.92 Å². The zero-order valence-electron chi connectivity index (χ0n) is 12.3. The molecule has 1 heterocycles. The van der Waals surface area contributed by atoms with Crippen molar-refractivity contribution in [1.82, 2.24) is 4.98 Å². The first-order valence-corrected chi connectivity index (χ1v) is 6.95. The number of aromatic carboxylic acids is 1. The number of nitrogens with zero attached hydrogens (tertiary/aromatic N) is 1. The number of aromatic nitrogens is 1. The van der Waals surface area contributed by atoms with Gasteiger partial charge in [-0.15, -0.1) is 0 Å². The molecule has 1 aromatic carbocycles. The maximum Gasteiger partial charge on any atom is 0.337 e. The quantitative estimate of drug-likeness (QED) is 0.799. The van der Waals surface area contributed by atoms with Crippen LogP contribution in [0.1, 0.15) is 46.9 Å². The first-order chi connectivity index (χ1) is 10.0. The summed E-state index contributed by atoms with van der Waals surface area (Å²) in [7, 11) is 1.64. The number of hydrogen-bond donors (Lipinski definition) is 1. The first-order valence-electron chi connectivity index (χ1n) is 6.95. The van der Waals surface area contributed by atoms with Gasteiger partial charge in [0.25, 0.3) is 0 Å². The first kappa shape index (κ1) is 13.6. The van der Waals surface area contributed by atoms with Gasteiger partial charge in [-0.3, -0.25) is 4.98 Å². The monoisotopic (exact) mass is 283 g/mol. The Labute approximate surface area is 123 Å². The van der Waals surface area contributed by atoms with Gasteiger partial charge in [0.05, 0.1) is 24.1 Å². The van der Waals surface area contributed by atoms with Crippen molar-refractivity contribution >= 4 is 5.97 Å². The van der Waals surface area contributed by atoms with Gasteiger partial charge in [-0.2, -0.15) is 0 Å². The Bertz CT molecular complexity index is 735. The van der Waals surface area contributed by atoms with Crippen LogP contribution in [0.3, 0.4) is 0 Å². The Morgan fingerprint density at radius 3 is 2.67 bits per heavy atom. The van der Waals surface area contributed by atoms with Crippen LogP contribution < -0.4 is 4.74 Å². The molecule has 1 aliphatic rings. The van der Waals surface area contributed by atoms with Crippen molar-refractivity contribution < 1.29 is 14.6 Å². The van der Waals surface area contributed by atoms with Gasteiger partial charge in [0.1, 0.15) is 5.75 Å². The lowest BCUT2D eigenvalue weighted by molar-refractivity contribution is 0.0694. The number of fused-ring (bicyclic) bond motifs is 3. The van der Waals surface area contributed by atoms with Crippen molar-refractivity contribution in [3.05, 3.63) is 46.6 Å². The lowest BCUT2D eigenvalue weighted by Crippen LogP contribution is -2.08. The highest BCUT2D eigenvalue weighted by Gasteiger charge is 2.25. The normalized spacial score (nSPS) is 12.2. The molecule has 0 radical (unpaired) electrons. The average Bonchev–Trinajstić information content (AvgIpc) is 2.82. The predicted octanol–water partition coefficient (Wildman–Crippen LogP) is 3.48. The predicted molar refractivity (Wildman–Crippen MR) is 80.1 cm³/mol. The minimum Gasteiger partial charge on any atom is -0.497 e. The highest BCUT2D eigenvalue weighted by molar-refractivity contribution is 5.91. The standard InChI is InChI=1S/C17H17NO3/c1-9(2)15-14(17(19)20)7-11-6-10-4-5-12(21-3)8-13(10)16(11)18-15/h4-5,7-9H,6H2,1-3H3,(H,19,20). The Morgan fingerprint density at radius 2 is 2.05 bits per heavy atom. The molecule has 108 valence electrons. The van der Waals surface area contributed by atoms with Crippen LogP contribution >= 0.6 is 0 Å². The summed E-state index contributed by atoms with van der Waals surface area (Å²) in [4.78, 5) is 16.1. The number of benzene rings is 1. The van der Waals surface area contributed by atoms with Crippen molar-refractivity contribution in [2.75, 3.05) is 7.11 Å². The van der Waals surface area contributed by atoms with Gasteiger partial charge < -0.3 is 9.84 Å². The minimum absolute atomic E-state index is 0.0658. The molecule has 0 fully saturated rings. The molecule has 1 N–H and O–H groups in total. The Balaban J connectivity index is 2.21. The zero-order valence-corrected chi connectivity index (χ0v) is 12.3. The van der Waals surface area contributed by atoms with Crippen LogP contribution in [0.25, 0.3) is 11.3 Å². The van der Waals surface area contributed by atoms with E-state index in [1.807, 2.05) is 32.0 Å². The van der Waals surface area contributed by atoms with Crippen molar-refractivity contribution in [1.29, 1.82) is 0 Å². The van der Waals surface area contributed by atoms with Crippen LogP contribution in [0, 0.1) is 0 Å². The highest BCUT2D eigenvalue weighted by atomic mass is 16.5. The third-order valence-corrected chi connectivity index (χ3v) is 3.86. The Morgan fingerprint density at radius 1 is 1.29 bits per heavy atom. The molecule has 1 aliphatic carbocycles. The highest BCUT2D eigenvalue weighted by Crippen LogP contribution is 2.39. The van der Waals surface area contributed by atoms with Crippen molar-refractivity contribution in [2.45, 2.75) is 26.2 Å². The second-order valence-electron chi connectivity index (χ2n) is 5.59. The van der Waals surface area contributed by atoms with Gasteiger partial charge in [0.2, 0.25) is 0 Å². The number of carboxylic acid groups (broad SMARTS) is 1. The summed E-state index contributed by atoms with van der Waals surface area (Å²) in [5.41, 5.74) is 5.01. The van der Waals surface area contributed by atoms with Crippen LogP contribution in [0.15, 0.2) is 24.3 Å². The fourth-order valence-corrected chi connectivity index (χ4v) is 2.81. The fourth-order valence-electron chi connectivity index (χ4n) is 2.81. The topological polar surface area (TPSA) is 59.4 Å². The van der Waals surface area contributed by atoms with Crippen LogP contribution in [-0.2, 0) is 6.42 Å². The largest absolute Gasteiger partial charge is 0.497 e. The molecule has 2 aromatic rings. The van der Waals surface area contributed by atoms with Gasteiger partial charge in [-0.1, -0.05) is 19.9 Å². The maximum atomic E-state index is 11.4. The molecule has 4 heteroatoms. The summed E-state index contributed by atoms with van der Waals surface area (Å²) in [6.07, 6.45) is 0.723. The van der Waals surface area contributed by atoms with Crippen LogP contribution in [-0.4, -0.2) is 23.2 Å². The van der Waals surface area contributed by atoms with E-state index in [0.29, 0.717) is 11.3 Å². The molecule has 1 aromatic heterocycles. The number of pyridine rings is 1. The van der Waals surface area contributed by atoms with Gasteiger partial charge in [0, 0.05) is 12.0 Å². The van der Waals surface area contributed by atoms with E-state index >= 15 is 0 Å². The summed E-state index contributed by atoms with van der Waals surface area (Å²) >= 11 is 0. The van der Waals surface area contributed by atoms with E-state index < -0.39 is 5.97 Å². The summed E-state index contributed by atoms with van der Waals surface area (Å²) in [5.74, 6) is -0.0598. The van der Waals surface area contributed by atoms with Crippen LogP contribution in [0.5, 0.6) is 5.75 Å². The molecule has 0 saturated heterocycles. The smallest absolute Gasteiger partial charge is 0.337 e. The summed E-state index contributed by atoms with van der Waals surface area (Å²) in [5, 5.41) is 9.38. The third kappa shape index (κ3) is 2.17. The number of carboxylic acids is 1. The number of rotatable bonds is 3. The van der Waals surface area contributed by atoms with Crippen molar-refractivity contribution in [3.63, 3.8) is 0 Å². The van der Waals surface area contributed by atoms with E-state index in [1.165, 1.54) is 0 Å². The van der Waals surface area contributed by atoms with Gasteiger partial charge in [0.15, 0.2) is 0 Å². The van der Waals surface area contributed by atoms with Crippen molar-refractivity contribution in [3.8, 4) is 17.0 Å². The number of hydrogen-bond acceptors (Lipinski definition) is 3. The molecule has 4 nitrogen and oxygen atoms in total. The summed E-state index contributed by atoms with van der Waals surface area (Å²) in [6.45, 7) is 3.92. The lowest BCUT2D eigenvalue weighted by atomic mass is 10.0. The Kier molecular flexibility index (Phi) is 3.16. The second kappa shape index (κ2) is 4.88. The molecule has 0 atom stereocenters. The average molecular weight is 283 g/mol. The SMILES string of the molecule is COc1ccc2c(c1)-c1nc(C(C)C)c(C(=O)O)cc1C2. The molecule has 0 aliphatic heterocycles. The molecule has 0 spiro atoms. The van der Waals surface area contributed by atoms with Crippen molar-refractivity contribution in [2.24, 2.45) is 0 Å². The van der Waals surface area contributed by atoms with E-state index in [0.717, 1.165) is 34.6 Å². The molecule has 0 unspecified atom stereocenters. The number of ether oxygens (including phenoxy) is 1. The fraction of sp³-hybridized carbons (Fsp3) is 0.294. The van der Waals surface area contributed by atoms with E-state index in [4.69, 9.17) is 4.74 Å².